The smallest absolute Gasteiger partial charge is 0.264 e. The number of ether oxygens (including phenoxy) is 1. The number of amides is 1. The van der Waals surface area contributed by atoms with E-state index >= 15 is 0 Å². The van der Waals surface area contributed by atoms with Crippen molar-refractivity contribution < 1.29 is 17.9 Å². The van der Waals surface area contributed by atoms with Crippen LogP contribution in [0.1, 0.15) is 17.3 Å². The second-order valence-electron chi connectivity index (χ2n) is 8.71. The number of hydrogen-bond acceptors (Lipinski definition) is 7. The van der Waals surface area contributed by atoms with Crippen LogP contribution in [-0.2, 0) is 10.0 Å². The molecular formula is C27H30Cl2N4O4S2. The van der Waals surface area contributed by atoms with Crippen molar-refractivity contribution in [1.29, 1.82) is 0 Å². The zero-order valence-electron chi connectivity index (χ0n) is 22.0. The third-order valence-electron chi connectivity index (χ3n) is 5.93. The van der Waals surface area contributed by atoms with Crippen molar-refractivity contribution in [2.75, 3.05) is 50.0 Å². The maximum atomic E-state index is 13.7. The Morgan fingerprint density at radius 3 is 2.26 bits per heavy atom. The minimum atomic E-state index is -3.81. The standard InChI is InChI=1S/C27H29ClN4O4S2.ClH/c1-5-32(20-9-7-6-8-10-20)38(34,35)21-13-11-19(12-14-21)26(33)31(18-17-30(2)3)27-29-24-23(36-4)16-15-22(28)25(24)37-27;/h6-16H,5,17-18H2,1-4H3;1H. The predicted octanol–water partition coefficient (Wildman–Crippen LogP) is 5.80. The number of anilines is 2. The van der Waals surface area contributed by atoms with Gasteiger partial charge in [0.1, 0.15) is 11.3 Å². The molecule has 0 atom stereocenters. The van der Waals surface area contributed by atoms with Gasteiger partial charge >= 0.3 is 0 Å². The molecule has 0 radical (unpaired) electrons. The lowest BCUT2D eigenvalue weighted by Crippen LogP contribution is -2.36. The first kappa shape index (κ1) is 30.6. The van der Waals surface area contributed by atoms with Crippen LogP contribution in [0.2, 0.25) is 5.02 Å². The van der Waals surface area contributed by atoms with Crippen LogP contribution in [-0.4, -0.2) is 65.0 Å². The quantitative estimate of drug-likeness (QED) is 0.226. The van der Waals surface area contributed by atoms with Gasteiger partial charge in [-0.3, -0.25) is 14.0 Å². The number of carbonyl (C=O) groups excluding carboxylic acids is 1. The zero-order valence-corrected chi connectivity index (χ0v) is 25.2. The average Bonchev–Trinajstić information content (AvgIpc) is 3.36. The van der Waals surface area contributed by atoms with Crippen molar-refractivity contribution in [1.82, 2.24) is 9.88 Å². The van der Waals surface area contributed by atoms with Crippen LogP contribution in [0.4, 0.5) is 10.8 Å². The summed E-state index contributed by atoms with van der Waals surface area (Å²) in [5, 5.41) is 1.01. The molecule has 39 heavy (non-hydrogen) atoms. The molecule has 0 aliphatic rings. The molecule has 0 bridgehead atoms. The molecule has 12 heteroatoms. The molecule has 0 aliphatic heterocycles. The number of aromatic nitrogens is 1. The van der Waals surface area contributed by atoms with Crippen molar-refractivity contribution in [3.8, 4) is 5.75 Å². The van der Waals surface area contributed by atoms with Gasteiger partial charge in [0.2, 0.25) is 0 Å². The molecule has 0 spiro atoms. The Hall–Kier alpha value is -2.89. The Labute approximate surface area is 244 Å². The summed E-state index contributed by atoms with van der Waals surface area (Å²) in [6.45, 7) is 3.03. The summed E-state index contributed by atoms with van der Waals surface area (Å²) in [4.78, 5) is 22.1. The number of rotatable bonds is 10. The summed E-state index contributed by atoms with van der Waals surface area (Å²) in [6.07, 6.45) is 0. The van der Waals surface area contributed by atoms with E-state index in [4.69, 9.17) is 16.3 Å². The lowest BCUT2D eigenvalue weighted by atomic mass is 10.2. The molecule has 4 aromatic rings. The second kappa shape index (κ2) is 13.0. The molecule has 0 aliphatic carbocycles. The Morgan fingerprint density at radius 1 is 1.00 bits per heavy atom. The average molecular weight is 610 g/mol. The Bertz CT molecular complexity index is 1530. The number of nitrogens with zero attached hydrogens (tertiary/aromatic N) is 4. The Balaban J connectivity index is 0.00000420. The van der Waals surface area contributed by atoms with E-state index in [1.54, 1.807) is 55.3 Å². The van der Waals surface area contributed by atoms with E-state index in [9.17, 15) is 13.2 Å². The number of likely N-dealkylation sites (N-methyl/N-ethyl adjacent to an activating group) is 1. The first-order valence-electron chi connectivity index (χ1n) is 11.9. The molecule has 0 saturated heterocycles. The Morgan fingerprint density at radius 2 is 1.67 bits per heavy atom. The van der Waals surface area contributed by atoms with E-state index in [1.807, 2.05) is 25.1 Å². The molecule has 4 rings (SSSR count). The fourth-order valence-electron chi connectivity index (χ4n) is 3.94. The van der Waals surface area contributed by atoms with Gasteiger partial charge in [0.15, 0.2) is 5.13 Å². The van der Waals surface area contributed by atoms with Gasteiger partial charge in [-0.1, -0.05) is 41.1 Å². The van der Waals surface area contributed by atoms with Gasteiger partial charge in [-0.15, -0.1) is 12.4 Å². The second-order valence-corrected chi connectivity index (χ2v) is 12.0. The molecule has 0 fully saturated rings. The van der Waals surface area contributed by atoms with Gasteiger partial charge < -0.3 is 9.64 Å². The lowest BCUT2D eigenvalue weighted by molar-refractivity contribution is 0.0985. The van der Waals surface area contributed by atoms with E-state index < -0.39 is 10.0 Å². The van der Waals surface area contributed by atoms with Gasteiger partial charge in [-0.05, 0) is 69.6 Å². The van der Waals surface area contributed by atoms with Gasteiger partial charge in [-0.25, -0.2) is 13.4 Å². The highest BCUT2D eigenvalue weighted by molar-refractivity contribution is 7.92. The minimum Gasteiger partial charge on any atom is -0.494 e. The van der Waals surface area contributed by atoms with Crippen LogP contribution >= 0.6 is 35.3 Å². The van der Waals surface area contributed by atoms with E-state index in [2.05, 4.69) is 4.98 Å². The van der Waals surface area contributed by atoms with E-state index in [0.717, 1.165) is 4.70 Å². The van der Waals surface area contributed by atoms with Gasteiger partial charge in [0.05, 0.1) is 27.4 Å². The van der Waals surface area contributed by atoms with Crippen LogP contribution in [0.15, 0.2) is 71.6 Å². The number of methoxy groups -OCH3 is 1. The summed E-state index contributed by atoms with van der Waals surface area (Å²) in [7, 11) is 1.60. The molecule has 208 valence electrons. The minimum absolute atomic E-state index is 0. The van der Waals surface area contributed by atoms with Gasteiger partial charge in [0, 0.05) is 25.2 Å². The van der Waals surface area contributed by atoms with Crippen LogP contribution in [0.3, 0.4) is 0 Å². The number of para-hydroxylation sites is 1. The molecule has 3 aromatic carbocycles. The van der Waals surface area contributed by atoms with Crippen molar-refractivity contribution in [3.63, 3.8) is 0 Å². The molecule has 1 amide bonds. The lowest BCUT2D eigenvalue weighted by Gasteiger charge is -2.24. The molecule has 1 heterocycles. The van der Waals surface area contributed by atoms with E-state index in [0.29, 0.717) is 45.8 Å². The topological polar surface area (TPSA) is 83.1 Å². The molecule has 0 saturated carbocycles. The van der Waals surface area contributed by atoms with Crippen LogP contribution in [0, 0.1) is 0 Å². The third-order valence-corrected chi connectivity index (χ3v) is 9.39. The van der Waals surface area contributed by atoms with Gasteiger partial charge in [0.25, 0.3) is 15.9 Å². The molecule has 0 N–H and O–H groups in total. The molecule has 0 unspecified atom stereocenters. The summed E-state index contributed by atoms with van der Waals surface area (Å²) < 4.78 is 34.2. The van der Waals surface area contributed by atoms with Gasteiger partial charge in [-0.2, -0.15) is 0 Å². The number of thiazole rings is 1. The van der Waals surface area contributed by atoms with Crippen LogP contribution < -0.4 is 13.9 Å². The highest BCUT2D eigenvalue weighted by Crippen LogP contribution is 2.39. The number of benzene rings is 3. The van der Waals surface area contributed by atoms with Crippen LogP contribution in [0.25, 0.3) is 10.2 Å². The Kier molecular flexibility index (Phi) is 10.2. The SMILES string of the molecule is CCN(c1ccccc1)S(=O)(=O)c1ccc(C(=O)N(CCN(C)C)c2nc3c(OC)ccc(Cl)c3s2)cc1.Cl. The third kappa shape index (κ3) is 6.47. The first-order valence-corrected chi connectivity index (χ1v) is 14.6. The van der Waals surface area contributed by atoms with E-state index in [1.165, 1.54) is 39.9 Å². The number of hydrogen-bond donors (Lipinski definition) is 0. The first-order chi connectivity index (χ1) is 18.2. The van der Waals surface area contributed by atoms with Crippen LogP contribution in [0.5, 0.6) is 5.75 Å². The summed E-state index contributed by atoms with van der Waals surface area (Å²) in [6, 6.07) is 18.4. The highest BCUT2D eigenvalue weighted by Gasteiger charge is 2.26. The maximum Gasteiger partial charge on any atom is 0.264 e. The number of fused-ring (bicyclic) bond motifs is 1. The van der Waals surface area contributed by atoms with Crippen molar-refractivity contribution in [2.45, 2.75) is 11.8 Å². The largest absolute Gasteiger partial charge is 0.494 e. The van der Waals surface area contributed by atoms with E-state index in [-0.39, 0.29) is 29.8 Å². The highest BCUT2D eigenvalue weighted by atomic mass is 35.5. The van der Waals surface area contributed by atoms with Crippen molar-refractivity contribution in [2.24, 2.45) is 0 Å². The summed E-state index contributed by atoms with van der Waals surface area (Å²) in [5.74, 6) is 0.278. The number of sulfonamides is 1. The predicted molar refractivity (Wildman–Crippen MR) is 162 cm³/mol. The normalized spacial score (nSPS) is 11.3. The van der Waals surface area contributed by atoms with Crippen molar-refractivity contribution in [3.05, 3.63) is 77.3 Å². The number of halogens is 2. The fourth-order valence-corrected chi connectivity index (χ4v) is 6.70. The number of carbonyl (C=O) groups is 1. The maximum absolute atomic E-state index is 13.7. The molecule has 8 nitrogen and oxygen atoms in total. The van der Waals surface area contributed by atoms with Crippen molar-refractivity contribution >= 4 is 72.3 Å². The molecular weight excluding hydrogens is 579 g/mol. The summed E-state index contributed by atoms with van der Waals surface area (Å²) >= 11 is 7.72. The fraction of sp³-hybridized carbons (Fsp3) is 0.259. The zero-order chi connectivity index (χ0) is 27.4. The molecule has 1 aromatic heterocycles. The monoisotopic (exact) mass is 608 g/mol. The summed E-state index contributed by atoms with van der Waals surface area (Å²) in [5.41, 5.74) is 1.52.